The van der Waals surface area contributed by atoms with Crippen LogP contribution in [0.25, 0.3) is 0 Å². The van der Waals surface area contributed by atoms with Crippen molar-refractivity contribution < 1.29 is 4.65 Å². The van der Waals surface area contributed by atoms with E-state index in [0.717, 1.165) is 11.8 Å². The molecule has 1 heterocycles. The van der Waals surface area contributed by atoms with Crippen molar-refractivity contribution in [3.8, 4) is 0 Å². The van der Waals surface area contributed by atoms with Crippen LogP contribution in [0.15, 0.2) is 43.0 Å². The Balaban J connectivity index is 2.18. The molecule has 5 heteroatoms. The highest BCUT2D eigenvalue weighted by Gasteiger charge is 2.47. The minimum Gasteiger partial charge on any atom is -0.423 e. The van der Waals surface area contributed by atoms with Gasteiger partial charge < -0.3 is 4.65 Å². The molecule has 0 unspecified atom stereocenters. The quantitative estimate of drug-likeness (QED) is 0.460. The molecule has 1 fully saturated rings. The predicted octanol–water partition coefficient (Wildman–Crippen LogP) is 3.46. The van der Waals surface area contributed by atoms with E-state index in [1.165, 1.54) is 0 Å². The number of hydrogen-bond acceptors (Lipinski definition) is 1. The van der Waals surface area contributed by atoms with Crippen LogP contribution in [0, 0.1) is 5.92 Å². The molecule has 1 aliphatic heterocycles. The monoisotopic (exact) mass is 288 g/mol. The molecule has 2 atom stereocenters. The van der Waals surface area contributed by atoms with Crippen LogP contribution in [-0.2, 0) is 4.65 Å². The Kier molecular flexibility index (Phi) is 4.09. The van der Waals surface area contributed by atoms with E-state index >= 15 is 0 Å². The summed E-state index contributed by atoms with van der Waals surface area (Å²) >= 11 is 17.8. The fraction of sp³-hybridized carbons (Fsp3) is 0.333. The molecule has 0 aromatic heterocycles. The van der Waals surface area contributed by atoms with Crippen LogP contribution >= 0.6 is 34.8 Å². The summed E-state index contributed by atoms with van der Waals surface area (Å²) in [6.45, 7) is 3.75. The maximum Gasteiger partial charge on any atom is 0.327 e. The summed E-state index contributed by atoms with van der Waals surface area (Å²) in [7, 11) is 0. The van der Waals surface area contributed by atoms with Gasteiger partial charge in [0.1, 0.15) is 0 Å². The molecule has 1 aliphatic rings. The molecule has 0 spiro atoms. The van der Waals surface area contributed by atoms with Crippen molar-refractivity contribution in [3.63, 3.8) is 0 Å². The minimum absolute atomic E-state index is 0.0279. The molecule has 2 rings (SSSR count). The van der Waals surface area contributed by atoms with Crippen molar-refractivity contribution in [2.24, 2.45) is 5.92 Å². The molecular formula is C12H12BCl3O. The fourth-order valence-corrected chi connectivity index (χ4v) is 2.77. The molecule has 17 heavy (non-hydrogen) atoms. The Labute approximate surface area is 117 Å². The predicted molar refractivity (Wildman–Crippen MR) is 75.5 cm³/mol. The lowest BCUT2D eigenvalue weighted by atomic mass is 9.57. The van der Waals surface area contributed by atoms with Gasteiger partial charge >= 0.3 is 6.92 Å². The standard InChI is InChI=1S/C12H12BCl3O/c1-2-9-8-13(10-6-4-3-5-7-10)17-11(9)12(14,15)16/h2-7,9,11H,1,8H2/t9-,11+/m1/s1. The van der Waals surface area contributed by atoms with Gasteiger partial charge in [-0.15, -0.1) is 6.58 Å². The second kappa shape index (κ2) is 5.23. The highest BCUT2D eigenvalue weighted by molar-refractivity contribution is 6.71. The molecule has 0 bridgehead atoms. The maximum absolute atomic E-state index is 5.92. The first-order valence-electron chi connectivity index (χ1n) is 5.42. The van der Waals surface area contributed by atoms with Crippen molar-refractivity contribution in [1.82, 2.24) is 0 Å². The molecule has 1 nitrogen and oxygen atoms in total. The van der Waals surface area contributed by atoms with Gasteiger partial charge in [-0.1, -0.05) is 71.2 Å². The maximum atomic E-state index is 5.92. The number of rotatable bonds is 2. The largest absolute Gasteiger partial charge is 0.423 e. The summed E-state index contributed by atoms with van der Waals surface area (Å²) in [6, 6.07) is 9.96. The lowest BCUT2D eigenvalue weighted by Gasteiger charge is -2.24. The van der Waals surface area contributed by atoms with Crippen molar-refractivity contribution in [2.75, 3.05) is 0 Å². The van der Waals surface area contributed by atoms with E-state index in [1.54, 1.807) is 6.08 Å². The molecule has 1 aromatic carbocycles. The highest BCUT2D eigenvalue weighted by atomic mass is 35.6. The zero-order chi connectivity index (χ0) is 12.5. The molecule has 90 valence electrons. The zero-order valence-electron chi connectivity index (χ0n) is 9.15. The van der Waals surface area contributed by atoms with E-state index in [9.17, 15) is 0 Å². The van der Waals surface area contributed by atoms with Crippen molar-refractivity contribution in [1.29, 1.82) is 0 Å². The summed E-state index contributed by atoms with van der Waals surface area (Å²) in [6.07, 6.45) is 2.16. The van der Waals surface area contributed by atoms with Gasteiger partial charge in [0.25, 0.3) is 0 Å². The van der Waals surface area contributed by atoms with Crippen LogP contribution in [0.3, 0.4) is 0 Å². The highest BCUT2D eigenvalue weighted by Crippen LogP contribution is 2.42. The van der Waals surface area contributed by atoms with Crippen molar-refractivity contribution in [2.45, 2.75) is 16.2 Å². The van der Waals surface area contributed by atoms with E-state index in [1.807, 2.05) is 30.3 Å². The van der Waals surface area contributed by atoms with Crippen LogP contribution in [0.4, 0.5) is 0 Å². The van der Waals surface area contributed by atoms with E-state index in [2.05, 4.69) is 6.58 Å². The van der Waals surface area contributed by atoms with Gasteiger partial charge in [0.05, 0.1) is 6.10 Å². The lowest BCUT2D eigenvalue weighted by molar-refractivity contribution is 0.210. The van der Waals surface area contributed by atoms with E-state index in [4.69, 9.17) is 39.5 Å². The summed E-state index contributed by atoms with van der Waals surface area (Å²) in [5.74, 6) is 0.0627. The molecule has 0 N–H and O–H groups in total. The fourth-order valence-electron chi connectivity index (χ4n) is 2.13. The van der Waals surface area contributed by atoms with Gasteiger partial charge in [0.15, 0.2) is 0 Å². The van der Waals surface area contributed by atoms with Gasteiger partial charge in [-0.05, 0) is 11.8 Å². The SMILES string of the molecule is C=C[C@@H]1CB(c2ccccc2)O[C@@H]1C(Cl)(Cl)Cl. The molecule has 0 amide bonds. The van der Waals surface area contributed by atoms with Crippen LogP contribution in [0.1, 0.15) is 0 Å². The number of benzene rings is 1. The van der Waals surface area contributed by atoms with Crippen molar-refractivity contribution in [3.05, 3.63) is 43.0 Å². The molecule has 0 radical (unpaired) electrons. The van der Waals surface area contributed by atoms with Crippen LogP contribution in [0.2, 0.25) is 6.32 Å². The summed E-state index contributed by atoms with van der Waals surface area (Å²) in [5.41, 5.74) is 1.11. The number of hydrogen-bond donors (Lipinski definition) is 0. The Morgan fingerprint density at radius 2 is 1.94 bits per heavy atom. The summed E-state index contributed by atoms with van der Waals surface area (Å²) in [5, 5.41) is 0. The van der Waals surface area contributed by atoms with Crippen LogP contribution in [0.5, 0.6) is 0 Å². The Bertz CT molecular complexity index is 390. The van der Waals surface area contributed by atoms with Gasteiger partial charge in [-0.25, -0.2) is 0 Å². The molecular weight excluding hydrogens is 277 g/mol. The Morgan fingerprint density at radius 3 is 2.41 bits per heavy atom. The zero-order valence-corrected chi connectivity index (χ0v) is 11.4. The Hall–Kier alpha value is -0.145. The van der Waals surface area contributed by atoms with E-state index in [0.29, 0.717) is 0 Å². The summed E-state index contributed by atoms with van der Waals surface area (Å²) < 4.78 is 4.43. The van der Waals surface area contributed by atoms with Gasteiger partial charge in [0, 0.05) is 5.92 Å². The third-order valence-electron chi connectivity index (χ3n) is 2.98. The van der Waals surface area contributed by atoms with Gasteiger partial charge in [-0.3, -0.25) is 0 Å². The third-order valence-corrected chi connectivity index (χ3v) is 3.63. The molecule has 0 aliphatic carbocycles. The first-order valence-corrected chi connectivity index (χ1v) is 6.55. The third kappa shape index (κ3) is 3.00. The summed E-state index contributed by atoms with van der Waals surface area (Å²) in [4.78, 5) is 0. The normalized spacial score (nSPS) is 25.0. The Morgan fingerprint density at radius 1 is 1.29 bits per heavy atom. The topological polar surface area (TPSA) is 9.23 Å². The molecule has 0 saturated carbocycles. The number of alkyl halides is 3. The van der Waals surface area contributed by atoms with Crippen LogP contribution in [-0.4, -0.2) is 16.8 Å². The van der Waals surface area contributed by atoms with Gasteiger partial charge in [0.2, 0.25) is 3.79 Å². The second-order valence-corrected chi connectivity index (χ2v) is 6.50. The van der Waals surface area contributed by atoms with E-state index in [-0.39, 0.29) is 12.8 Å². The molecule has 1 aromatic rings. The average Bonchev–Trinajstić information content (AvgIpc) is 2.74. The second-order valence-electron chi connectivity index (χ2n) is 4.13. The average molecular weight is 289 g/mol. The molecule has 1 saturated heterocycles. The smallest absolute Gasteiger partial charge is 0.327 e. The lowest BCUT2D eigenvalue weighted by Crippen LogP contribution is -2.34. The van der Waals surface area contributed by atoms with E-state index < -0.39 is 9.90 Å². The van der Waals surface area contributed by atoms with Gasteiger partial charge in [-0.2, -0.15) is 0 Å². The van der Waals surface area contributed by atoms with Crippen molar-refractivity contribution >= 4 is 47.2 Å². The first-order chi connectivity index (χ1) is 8.02. The minimum atomic E-state index is -1.41. The first kappa shape index (κ1) is 13.3. The number of halogens is 3. The van der Waals surface area contributed by atoms with Crippen LogP contribution < -0.4 is 5.46 Å².